The second-order valence-electron chi connectivity index (χ2n) is 8.02. The number of Topliss-reactive ketones (excluding diaryl/α,β-unsaturated/α-hetero) is 1. The van der Waals surface area contributed by atoms with Crippen molar-refractivity contribution >= 4 is 11.7 Å². The van der Waals surface area contributed by atoms with E-state index >= 15 is 0 Å². The molecule has 0 spiro atoms. The zero-order valence-electron chi connectivity index (χ0n) is 17.2. The Bertz CT molecular complexity index is 878. The number of aryl methyl sites for hydroxylation is 2. The van der Waals surface area contributed by atoms with Crippen LogP contribution in [0.25, 0.3) is 11.1 Å². The summed E-state index contributed by atoms with van der Waals surface area (Å²) < 4.78 is 0. The first-order valence-corrected chi connectivity index (χ1v) is 10.0. The number of rotatable bonds is 5. The molecule has 1 saturated heterocycles. The van der Waals surface area contributed by atoms with Crippen LogP contribution in [-0.2, 0) is 9.59 Å². The first-order chi connectivity index (χ1) is 13.3. The van der Waals surface area contributed by atoms with Gasteiger partial charge in [-0.25, -0.2) is 9.97 Å². The Kier molecular flexibility index (Phi) is 6.22. The van der Waals surface area contributed by atoms with Gasteiger partial charge >= 0.3 is 0 Å². The molecule has 0 aliphatic carbocycles. The Balaban J connectivity index is 1.88. The average molecular weight is 380 g/mol. The van der Waals surface area contributed by atoms with Gasteiger partial charge in [-0.05, 0) is 39.2 Å². The fraction of sp³-hybridized carbons (Fsp3) is 0.478. The van der Waals surface area contributed by atoms with Crippen LogP contribution in [0.4, 0.5) is 0 Å². The largest absolute Gasteiger partial charge is 0.342 e. The van der Waals surface area contributed by atoms with Gasteiger partial charge in [-0.2, -0.15) is 0 Å². The number of carbonyl (C=O) groups is 2. The summed E-state index contributed by atoms with van der Waals surface area (Å²) in [5.41, 5.74) is 4.38. The third-order valence-corrected chi connectivity index (χ3v) is 5.40. The number of nitrogens with zero attached hydrogens (tertiary/aromatic N) is 3. The third-order valence-electron chi connectivity index (χ3n) is 5.40. The predicted molar refractivity (Wildman–Crippen MR) is 110 cm³/mol. The number of ketones is 1. The SMILES string of the molecule is CC(=O)C[C@H](C)C(=O)N1CCC[C@@H](c2nc(C)ncc2-c2cccc(C)c2)C1. The Hall–Kier alpha value is -2.56. The van der Waals surface area contributed by atoms with Gasteiger partial charge in [-0.3, -0.25) is 4.79 Å². The lowest BCUT2D eigenvalue weighted by Crippen LogP contribution is -2.42. The Morgan fingerprint density at radius 3 is 2.79 bits per heavy atom. The molecule has 3 rings (SSSR count). The van der Waals surface area contributed by atoms with Crippen molar-refractivity contribution in [1.29, 1.82) is 0 Å². The highest BCUT2D eigenvalue weighted by Crippen LogP contribution is 2.33. The average Bonchev–Trinajstić information content (AvgIpc) is 2.67. The van der Waals surface area contributed by atoms with Crippen LogP contribution in [-0.4, -0.2) is 39.6 Å². The zero-order chi connectivity index (χ0) is 20.3. The smallest absolute Gasteiger partial charge is 0.225 e. The lowest BCUT2D eigenvalue weighted by molar-refractivity contribution is -0.138. The van der Waals surface area contributed by atoms with Crippen molar-refractivity contribution in [2.75, 3.05) is 13.1 Å². The second-order valence-corrected chi connectivity index (χ2v) is 8.02. The summed E-state index contributed by atoms with van der Waals surface area (Å²) in [7, 11) is 0. The van der Waals surface area contributed by atoms with E-state index < -0.39 is 0 Å². The van der Waals surface area contributed by atoms with Crippen LogP contribution in [0.15, 0.2) is 30.5 Å². The molecule has 0 saturated carbocycles. The highest BCUT2D eigenvalue weighted by molar-refractivity contribution is 5.85. The molecule has 1 aliphatic rings. The maximum absolute atomic E-state index is 12.8. The van der Waals surface area contributed by atoms with Gasteiger partial charge in [0, 0.05) is 43.1 Å². The monoisotopic (exact) mass is 379 g/mol. The normalized spacial score (nSPS) is 18.0. The van der Waals surface area contributed by atoms with E-state index in [0.717, 1.165) is 42.0 Å². The van der Waals surface area contributed by atoms with Crippen LogP contribution in [0, 0.1) is 19.8 Å². The van der Waals surface area contributed by atoms with Gasteiger partial charge < -0.3 is 9.69 Å². The Morgan fingerprint density at radius 2 is 2.07 bits per heavy atom. The van der Waals surface area contributed by atoms with Crippen molar-refractivity contribution in [3.05, 3.63) is 47.5 Å². The van der Waals surface area contributed by atoms with Crippen LogP contribution in [0.3, 0.4) is 0 Å². The number of amides is 1. The molecule has 1 aliphatic heterocycles. The zero-order valence-corrected chi connectivity index (χ0v) is 17.2. The minimum Gasteiger partial charge on any atom is -0.342 e. The standard InChI is InChI=1S/C23H29N3O2/c1-15-7-5-8-19(11-15)21-13-24-18(4)25-22(21)20-9-6-10-26(14-20)23(28)16(2)12-17(3)27/h5,7-8,11,13,16,20H,6,9-10,12,14H2,1-4H3/t16-,20+/m0/s1. The van der Waals surface area contributed by atoms with E-state index in [-0.39, 0.29) is 23.5 Å². The molecular weight excluding hydrogens is 350 g/mol. The van der Waals surface area contributed by atoms with Gasteiger partial charge in [0.25, 0.3) is 0 Å². The number of benzene rings is 1. The molecule has 1 amide bonds. The molecule has 0 N–H and O–H groups in total. The second kappa shape index (κ2) is 8.63. The lowest BCUT2D eigenvalue weighted by Gasteiger charge is -2.34. The molecule has 0 bridgehead atoms. The first-order valence-electron chi connectivity index (χ1n) is 10.0. The van der Waals surface area contributed by atoms with Crippen molar-refractivity contribution in [2.24, 2.45) is 5.92 Å². The number of carbonyl (C=O) groups excluding carboxylic acids is 2. The van der Waals surface area contributed by atoms with E-state index in [9.17, 15) is 9.59 Å². The van der Waals surface area contributed by atoms with E-state index in [2.05, 4.69) is 36.2 Å². The Morgan fingerprint density at radius 1 is 1.29 bits per heavy atom. The number of piperidine rings is 1. The minimum atomic E-state index is -0.264. The molecule has 1 fully saturated rings. The highest BCUT2D eigenvalue weighted by atomic mass is 16.2. The highest BCUT2D eigenvalue weighted by Gasteiger charge is 2.30. The number of hydrogen-bond donors (Lipinski definition) is 0. The maximum atomic E-state index is 12.8. The van der Waals surface area contributed by atoms with Crippen LogP contribution < -0.4 is 0 Å². The summed E-state index contributed by atoms with van der Waals surface area (Å²) in [5, 5.41) is 0. The van der Waals surface area contributed by atoms with E-state index in [1.165, 1.54) is 5.56 Å². The van der Waals surface area contributed by atoms with E-state index in [1.54, 1.807) is 6.92 Å². The molecule has 0 radical (unpaired) electrons. The van der Waals surface area contributed by atoms with Gasteiger partial charge in [-0.15, -0.1) is 0 Å². The molecule has 5 heteroatoms. The van der Waals surface area contributed by atoms with Gasteiger partial charge in [0.2, 0.25) is 5.91 Å². The molecular formula is C23H29N3O2. The molecule has 28 heavy (non-hydrogen) atoms. The van der Waals surface area contributed by atoms with E-state index in [4.69, 9.17) is 4.98 Å². The topological polar surface area (TPSA) is 63.2 Å². The van der Waals surface area contributed by atoms with E-state index in [1.807, 2.05) is 24.9 Å². The number of likely N-dealkylation sites (tertiary alicyclic amines) is 1. The van der Waals surface area contributed by atoms with Crippen LogP contribution in [0.2, 0.25) is 0 Å². The predicted octanol–water partition coefficient (Wildman–Crippen LogP) is 4.08. The molecule has 1 aromatic carbocycles. The maximum Gasteiger partial charge on any atom is 0.225 e. The van der Waals surface area contributed by atoms with Crippen molar-refractivity contribution in [3.8, 4) is 11.1 Å². The van der Waals surface area contributed by atoms with Gasteiger partial charge in [0.15, 0.2) is 0 Å². The molecule has 5 nitrogen and oxygen atoms in total. The van der Waals surface area contributed by atoms with Gasteiger partial charge in [0.05, 0.1) is 5.69 Å². The minimum absolute atomic E-state index is 0.0579. The lowest BCUT2D eigenvalue weighted by atomic mass is 9.89. The van der Waals surface area contributed by atoms with Crippen molar-refractivity contribution in [1.82, 2.24) is 14.9 Å². The van der Waals surface area contributed by atoms with Crippen molar-refractivity contribution < 1.29 is 9.59 Å². The Labute approximate surface area is 167 Å². The summed E-state index contributed by atoms with van der Waals surface area (Å²) in [4.78, 5) is 35.4. The van der Waals surface area contributed by atoms with Gasteiger partial charge in [-0.1, -0.05) is 36.8 Å². The van der Waals surface area contributed by atoms with Crippen molar-refractivity contribution in [3.63, 3.8) is 0 Å². The van der Waals surface area contributed by atoms with E-state index in [0.29, 0.717) is 13.0 Å². The van der Waals surface area contributed by atoms with Crippen molar-refractivity contribution in [2.45, 2.75) is 52.9 Å². The molecule has 2 aromatic rings. The number of hydrogen-bond acceptors (Lipinski definition) is 4. The summed E-state index contributed by atoms with van der Waals surface area (Å²) in [6, 6.07) is 8.37. The summed E-state index contributed by atoms with van der Waals surface area (Å²) >= 11 is 0. The summed E-state index contributed by atoms with van der Waals surface area (Å²) in [5.74, 6) is 0.796. The fourth-order valence-corrected chi connectivity index (χ4v) is 4.06. The first kappa shape index (κ1) is 20.2. The molecule has 0 unspecified atom stereocenters. The summed E-state index contributed by atoms with van der Waals surface area (Å²) in [6.45, 7) is 8.78. The summed E-state index contributed by atoms with van der Waals surface area (Å²) in [6.07, 6.45) is 4.16. The fourth-order valence-electron chi connectivity index (χ4n) is 4.06. The van der Waals surface area contributed by atoms with Crippen LogP contribution in [0.1, 0.15) is 56.1 Å². The molecule has 1 aromatic heterocycles. The quantitative estimate of drug-likeness (QED) is 0.785. The van der Waals surface area contributed by atoms with Gasteiger partial charge in [0.1, 0.15) is 11.6 Å². The molecule has 2 heterocycles. The van der Waals surface area contributed by atoms with Crippen LogP contribution >= 0.6 is 0 Å². The third kappa shape index (κ3) is 4.64. The molecule has 148 valence electrons. The molecule has 2 atom stereocenters. The van der Waals surface area contributed by atoms with Crippen LogP contribution in [0.5, 0.6) is 0 Å². The number of aromatic nitrogens is 2.